The summed E-state index contributed by atoms with van der Waals surface area (Å²) in [5, 5.41) is 13.5. The van der Waals surface area contributed by atoms with Crippen LogP contribution in [0.3, 0.4) is 0 Å². The predicted octanol–water partition coefficient (Wildman–Crippen LogP) is 4.45. The second-order valence-electron chi connectivity index (χ2n) is 5.86. The number of ether oxygens (including phenoxy) is 2. The van der Waals surface area contributed by atoms with E-state index in [-0.39, 0.29) is 24.1 Å². The molecule has 0 atom stereocenters. The highest BCUT2D eigenvalue weighted by Gasteiger charge is 2.31. The lowest BCUT2D eigenvalue weighted by Crippen LogP contribution is -2.20. The largest absolute Gasteiger partial charge is 0.573 e. The van der Waals surface area contributed by atoms with Crippen molar-refractivity contribution in [2.75, 3.05) is 10.6 Å². The van der Waals surface area contributed by atoms with E-state index in [9.17, 15) is 22.8 Å². The van der Waals surface area contributed by atoms with Crippen LogP contribution in [0.4, 0.5) is 34.3 Å². The minimum absolute atomic E-state index is 0.0120. The smallest absolute Gasteiger partial charge is 0.449 e. The molecule has 1 aromatic carbocycles. The molecule has 0 unspecified atom stereocenters. The van der Waals surface area contributed by atoms with Crippen molar-refractivity contribution in [1.82, 2.24) is 9.55 Å². The van der Waals surface area contributed by atoms with Crippen LogP contribution >= 0.6 is 0 Å². The van der Waals surface area contributed by atoms with Gasteiger partial charge in [0.1, 0.15) is 5.75 Å². The van der Waals surface area contributed by atoms with Crippen LogP contribution in [-0.4, -0.2) is 33.2 Å². The monoisotopic (exact) mass is 414 g/mol. The number of benzene rings is 1. The molecule has 0 aliphatic carbocycles. The number of carbonyl (C=O) groups is 2. The van der Waals surface area contributed by atoms with E-state index in [2.05, 4.69) is 25.1 Å². The van der Waals surface area contributed by atoms with Gasteiger partial charge in [-0.15, -0.1) is 13.2 Å². The number of urea groups is 1. The number of carbonyl (C=O) groups excluding carboxylic acids is 1. The van der Waals surface area contributed by atoms with E-state index in [1.165, 1.54) is 22.9 Å². The third kappa shape index (κ3) is 7.44. The van der Waals surface area contributed by atoms with Crippen LogP contribution in [0, 0.1) is 0 Å². The van der Waals surface area contributed by atoms with Gasteiger partial charge in [0.15, 0.2) is 5.82 Å². The van der Waals surface area contributed by atoms with Crippen molar-refractivity contribution in [3.05, 3.63) is 42.1 Å². The maximum absolute atomic E-state index is 12.1. The van der Waals surface area contributed by atoms with E-state index in [4.69, 9.17) is 5.11 Å². The Morgan fingerprint density at radius 2 is 1.86 bits per heavy atom. The summed E-state index contributed by atoms with van der Waals surface area (Å²) in [6.45, 7) is 3.97. The number of hydrogen-bond donors (Lipinski definition) is 3. The molecule has 9 nitrogen and oxygen atoms in total. The average molecular weight is 414 g/mol. The SMILES string of the molecule is CC(C)=CCn1cc(NC(=O)Nc2ccc(OC(F)(F)F)cc2)nc1OC(=O)O. The lowest BCUT2D eigenvalue weighted by Gasteiger charge is -2.10. The summed E-state index contributed by atoms with van der Waals surface area (Å²) >= 11 is 0. The molecule has 1 heterocycles. The van der Waals surface area contributed by atoms with Gasteiger partial charge in [0.2, 0.25) is 0 Å². The Hall–Kier alpha value is -3.70. The Balaban J connectivity index is 2.04. The molecule has 2 aromatic rings. The number of rotatable bonds is 6. The highest BCUT2D eigenvalue weighted by Crippen LogP contribution is 2.24. The molecule has 0 spiro atoms. The van der Waals surface area contributed by atoms with Crippen molar-refractivity contribution in [3.8, 4) is 11.8 Å². The van der Waals surface area contributed by atoms with Crippen LogP contribution in [0.2, 0.25) is 0 Å². The first kappa shape index (κ1) is 21.6. The fraction of sp³-hybridized carbons (Fsp3) is 0.235. The number of nitrogens with zero attached hydrogens (tertiary/aromatic N) is 2. The number of halogens is 3. The van der Waals surface area contributed by atoms with Gasteiger partial charge in [0, 0.05) is 12.2 Å². The van der Waals surface area contributed by atoms with Gasteiger partial charge in [-0.3, -0.25) is 9.88 Å². The van der Waals surface area contributed by atoms with Crippen LogP contribution in [0.1, 0.15) is 13.8 Å². The summed E-state index contributed by atoms with van der Waals surface area (Å²) in [6.07, 6.45) is -3.21. The first-order valence-electron chi connectivity index (χ1n) is 8.07. The minimum atomic E-state index is -4.81. The summed E-state index contributed by atoms with van der Waals surface area (Å²) in [4.78, 5) is 26.7. The molecule has 156 valence electrons. The molecule has 1 aromatic heterocycles. The van der Waals surface area contributed by atoms with Crippen LogP contribution in [0.25, 0.3) is 0 Å². The Kier molecular flexibility index (Phi) is 6.70. The second-order valence-corrected chi connectivity index (χ2v) is 5.86. The molecule has 0 saturated carbocycles. The van der Waals surface area contributed by atoms with E-state index in [0.717, 1.165) is 17.7 Å². The average Bonchev–Trinajstić information content (AvgIpc) is 2.93. The zero-order valence-electron chi connectivity index (χ0n) is 15.3. The van der Waals surface area contributed by atoms with Gasteiger partial charge >= 0.3 is 24.6 Å². The molecule has 0 saturated heterocycles. The number of carboxylic acid groups (broad SMARTS) is 1. The lowest BCUT2D eigenvalue weighted by atomic mass is 10.3. The van der Waals surface area contributed by atoms with Crippen molar-refractivity contribution < 1.29 is 37.3 Å². The standard InChI is InChI=1S/C17H17F3N4O5/c1-10(2)7-8-24-9-13(23-15(24)28-16(26)27)22-14(25)21-11-3-5-12(6-4-11)29-17(18,19)20/h3-7,9H,8H2,1-2H3,(H,26,27)(H2,21,22,25). The number of aromatic nitrogens is 2. The summed E-state index contributed by atoms with van der Waals surface area (Å²) in [6, 6.07) is 3.52. The zero-order chi connectivity index (χ0) is 21.6. The summed E-state index contributed by atoms with van der Waals surface area (Å²) in [5.74, 6) is -0.421. The number of hydrogen-bond acceptors (Lipinski definition) is 5. The number of alkyl halides is 3. The van der Waals surface area contributed by atoms with E-state index in [1.54, 1.807) is 6.08 Å². The van der Waals surface area contributed by atoms with Crippen LogP contribution in [0.15, 0.2) is 42.1 Å². The van der Waals surface area contributed by atoms with Gasteiger partial charge in [-0.1, -0.05) is 11.6 Å². The maximum Gasteiger partial charge on any atom is 0.573 e. The number of nitrogens with one attached hydrogen (secondary N) is 2. The van der Waals surface area contributed by atoms with E-state index < -0.39 is 24.3 Å². The molecule has 3 N–H and O–H groups in total. The van der Waals surface area contributed by atoms with Gasteiger partial charge in [-0.2, -0.15) is 4.98 Å². The first-order chi connectivity index (χ1) is 13.5. The van der Waals surface area contributed by atoms with E-state index in [0.29, 0.717) is 0 Å². The van der Waals surface area contributed by atoms with E-state index in [1.807, 2.05) is 13.8 Å². The predicted molar refractivity (Wildman–Crippen MR) is 96.1 cm³/mol. The number of imidazole rings is 1. The van der Waals surface area contributed by atoms with Crippen LogP contribution < -0.4 is 20.1 Å². The van der Waals surface area contributed by atoms with Gasteiger partial charge in [-0.05, 0) is 38.1 Å². The molecule has 0 fully saturated rings. The number of anilines is 2. The van der Waals surface area contributed by atoms with Crippen molar-refractivity contribution >= 4 is 23.7 Å². The fourth-order valence-electron chi connectivity index (χ4n) is 2.05. The Morgan fingerprint density at radius 3 is 2.41 bits per heavy atom. The first-order valence-corrected chi connectivity index (χ1v) is 8.07. The van der Waals surface area contributed by atoms with Crippen molar-refractivity contribution in [1.29, 1.82) is 0 Å². The number of allylic oxidation sites excluding steroid dienone is 2. The third-order valence-corrected chi connectivity index (χ3v) is 3.20. The molecular weight excluding hydrogens is 397 g/mol. The van der Waals surface area contributed by atoms with Crippen LogP contribution in [-0.2, 0) is 6.54 Å². The molecule has 0 aliphatic rings. The zero-order valence-corrected chi connectivity index (χ0v) is 15.3. The Labute approximate surface area is 162 Å². The Bertz CT molecular complexity index is 903. The highest BCUT2D eigenvalue weighted by atomic mass is 19.4. The van der Waals surface area contributed by atoms with Gasteiger partial charge in [-0.25, -0.2) is 9.59 Å². The third-order valence-electron chi connectivity index (χ3n) is 3.20. The summed E-state index contributed by atoms with van der Waals surface area (Å²) in [5.41, 5.74) is 1.17. The second kappa shape index (κ2) is 8.99. The Morgan fingerprint density at radius 1 is 1.21 bits per heavy atom. The molecule has 2 rings (SSSR count). The van der Waals surface area contributed by atoms with Crippen LogP contribution in [0.5, 0.6) is 11.8 Å². The molecule has 0 aliphatic heterocycles. The van der Waals surface area contributed by atoms with Crippen molar-refractivity contribution in [3.63, 3.8) is 0 Å². The lowest BCUT2D eigenvalue weighted by molar-refractivity contribution is -0.274. The topological polar surface area (TPSA) is 115 Å². The van der Waals surface area contributed by atoms with Gasteiger partial charge in [0.05, 0.1) is 6.20 Å². The molecular formula is C17H17F3N4O5. The normalized spacial score (nSPS) is 10.8. The van der Waals surface area contributed by atoms with Gasteiger partial charge < -0.3 is 19.9 Å². The van der Waals surface area contributed by atoms with Crippen molar-refractivity contribution in [2.45, 2.75) is 26.8 Å². The summed E-state index contributed by atoms with van der Waals surface area (Å²) < 4.78 is 46.1. The molecule has 12 heteroatoms. The van der Waals surface area contributed by atoms with Crippen molar-refractivity contribution in [2.24, 2.45) is 0 Å². The highest BCUT2D eigenvalue weighted by molar-refractivity contribution is 5.99. The molecule has 2 amide bonds. The molecule has 29 heavy (non-hydrogen) atoms. The fourth-order valence-corrected chi connectivity index (χ4v) is 2.05. The van der Waals surface area contributed by atoms with Gasteiger partial charge in [0.25, 0.3) is 0 Å². The quantitative estimate of drug-likeness (QED) is 0.475. The molecule has 0 radical (unpaired) electrons. The maximum atomic E-state index is 12.1. The van der Waals surface area contributed by atoms with E-state index >= 15 is 0 Å². The minimum Gasteiger partial charge on any atom is -0.449 e. The number of amides is 2. The molecule has 0 bridgehead atoms. The summed E-state index contributed by atoms with van der Waals surface area (Å²) in [7, 11) is 0.